The highest BCUT2D eigenvalue weighted by Crippen LogP contribution is 2.30. The molecule has 3 fully saturated rings. The van der Waals surface area contributed by atoms with Crippen LogP contribution in [0.2, 0.25) is 0 Å². The number of piperidine rings is 1. The van der Waals surface area contributed by atoms with Crippen molar-refractivity contribution in [3.63, 3.8) is 0 Å². The Balaban J connectivity index is 1.67. The largest absolute Gasteiger partial charge is 0.379 e. The molecule has 2 N–H and O–H groups in total. The molecule has 1 aliphatic carbocycles. The number of hydrogen-bond acceptors (Lipinski definition) is 4. The van der Waals surface area contributed by atoms with E-state index in [4.69, 9.17) is 0 Å². The SMILES string of the molecule is CC1(C)C(=O)NCCN1C[C@]1(O)CCCN(CC2CCCCC2)C1=O. The summed E-state index contributed by atoms with van der Waals surface area (Å²) in [6, 6.07) is 0. The molecule has 3 aliphatic rings. The number of β-amino-alcohol motifs (C(OH)–C–C–N with tert-alkyl or cyclic N) is 1. The van der Waals surface area contributed by atoms with Crippen LogP contribution in [0.5, 0.6) is 0 Å². The van der Waals surface area contributed by atoms with Gasteiger partial charge in [0.1, 0.15) is 0 Å². The molecule has 2 heterocycles. The van der Waals surface area contributed by atoms with Gasteiger partial charge in [-0.15, -0.1) is 0 Å². The molecule has 25 heavy (non-hydrogen) atoms. The number of carbonyl (C=O) groups is 2. The summed E-state index contributed by atoms with van der Waals surface area (Å²) in [4.78, 5) is 29.0. The van der Waals surface area contributed by atoms with Crippen molar-refractivity contribution in [2.75, 3.05) is 32.7 Å². The Hall–Kier alpha value is -1.14. The minimum absolute atomic E-state index is 0.0373. The maximum atomic E-state index is 13.0. The second kappa shape index (κ2) is 7.23. The summed E-state index contributed by atoms with van der Waals surface area (Å²) in [6.07, 6.45) is 7.53. The molecular weight excluding hydrogens is 318 g/mol. The number of carbonyl (C=O) groups excluding carboxylic acids is 2. The second-order valence-corrected chi connectivity index (χ2v) is 8.63. The fraction of sp³-hybridized carbons (Fsp3) is 0.895. The zero-order valence-corrected chi connectivity index (χ0v) is 15.7. The zero-order valence-electron chi connectivity index (χ0n) is 15.7. The highest BCUT2D eigenvalue weighted by atomic mass is 16.3. The Kier molecular flexibility index (Phi) is 5.40. The predicted molar refractivity (Wildman–Crippen MR) is 96.0 cm³/mol. The molecule has 142 valence electrons. The van der Waals surface area contributed by atoms with Gasteiger partial charge in [0.25, 0.3) is 5.91 Å². The van der Waals surface area contributed by atoms with Crippen LogP contribution >= 0.6 is 0 Å². The van der Waals surface area contributed by atoms with Crippen LogP contribution in [0.1, 0.15) is 58.8 Å². The van der Waals surface area contributed by atoms with Gasteiger partial charge in [0.2, 0.25) is 5.91 Å². The molecule has 6 heteroatoms. The highest BCUT2D eigenvalue weighted by Gasteiger charge is 2.48. The fourth-order valence-electron chi connectivity index (χ4n) is 4.60. The lowest BCUT2D eigenvalue weighted by atomic mass is 9.85. The number of nitrogens with zero attached hydrogens (tertiary/aromatic N) is 2. The first kappa shape index (κ1) is 18.6. The van der Waals surface area contributed by atoms with Crippen molar-refractivity contribution in [2.45, 2.75) is 69.9 Å². The molecule has 0 radical (unpaired) electrons. The van der Waals surface area contributed by atoms with Gasteiger partial charge >= 0.3 is 0 Å². The van der Waals surface area contributed by atoms with Gasteiger partial charge < -0.3 is 15.3 Å². The van der Waals surface area contributed by atoms with Crippen LogP contribution in [0.15, 0.2) is 0 Å². The molecule has 0 unspecified atom stereocenters. The van der Waals surface area contributed by atoms with Crippen molar-refractivity contribution in [2.24, 2.45) is 5.92 Å². The van der Waals surface area contributed by atoms with E-state index in [2.05, 4.69) is 5.32 Å². The van der Waals surface area contributed by atoms with E-state index in [0.717, 1.165) is 19.5 Å². The van der Waals surface area contributed by atoms with E-state index in [9.17, 15) is 14.7 Å². The molecule has 6 nitrogen and oxygen atoms in total. The molecular formula is C19H33N3O3. The molecule has 2 amide bonds. The second-order valence-electron chi connectivity index (χ2n) is 8.63. The number of rotatable bonds is 4. The Morgan fingerprint density at radius 1 is 1.12 bits per heavy atom. The van der Waals surface area contributed by atoms with Gasteiger partial charge in [-0.1, -0.05) is 19.3 Å². The normalized spacial score (nSPS) is 31.9. The minimum atomic E-state index is -1.36. The molecule has 0 spiro atoms. The first-order valence-electron chi connectivity index (χ1n) is 9.88. The molecule has 2 aliphatic heterocycles. The van der Waals surface area contributed by atoms with Crippen molar-refractivity contribution in [3.8, 4) is 0 Å². The summed E-state index contributed by atoms with van der Waals surface area (Å²) >= 11 is 0. The van der Waals surface area contributed by atoms with Gasteiger partial charge in [-0.25, -0.2) is 0 Å². The quantitative estimate of drug-likeness (QED) is 0.796. The third kappa shape index (κ3) is 3.85. The van der Waals surface area contributed by atoms with Gasteiger partial charge in [-0.2, -0.15) is 0 Å². The van der Waals surface area contributed by atoms with Crippen LogP contribution < -0.4 is 5.32 Å². The molecule has 0 aromatic carbocycles. The van der Waals surface area contributed by atoms with E-state index in [-0.39, 0.29) is 18.4 Å². The lowest BCUT2D eigenvalue weighted by Gasteiger charge is -2.47. The summed E-state index contributed by atoms with van der Waals surface area (Å²) < 4.78 is 0. The van der Waals surface area contributed by atoms with Crippen molar-refractivity contribution < 1.29 is 14.7 Å². The Labute approximate surface area is 150 Å². The maximum absolute atomic E-state index is 13.0. The third-order valence-electron chi connectivity index (χ3n) is 6.37. The highest BCUT2D eigenvalue weighted by molar-refractivity contribution is 5.88. The smallest absolute Gasteiger partial charge is 0.255 e. The Bertz CT molecular complexity index is 516. The van der Waals surface area contributed by atoms with E-state index in [1.165, 1.54) is 32.1 Å². The van der Waals surface area contributed by atoms with Gasteiger partial charge in [-0.05, 0) is 45.4 Å². The Morgan fingerprint density at radius 2 is 1.84 bits per heavy atom. The lowest BCUT2D eigenvalue weighted by Crippen LogP contribution is -2.67. The number of aliphatic hydroxyl groups is 1. The molecule has 1 atom stereocenters. The van der Waals surface area contributed by atoms with Crippen molar-refractivity contribution in [1.29, 1.82) is 0 Å². The molecule has 3 rings (SSSR count). The zero-order chi connectivity index (χ0) is 18.1. The molecule has 0 bridgehead atoms. The fourth-order valence-corrected chi connectivity index (χ4v) is 4.60. The van der Waals surface area contributed by atoms with Crippen molar-refractivity contribution in [1.82, 2.24) is 15.1 Å². The molecule has 0 aromatic heterocycles. The maximum Gasteiger partial charge on any atom is 0.255 e. The van der Waals surface area contributed by atoms with E-state index in [0.29, 0.717) is 25.4 Å². The number of hydrogen-bond donors (Lipinski definition) is 2. The van der Waals surface area contributed by atoms with Crippen molar-refractivity contribution >= 4 is 11.8 Å². The lowest BCUT2D eigenvalue weighted by molar-refractivity contribution is -0.164. The number of piperazine rings is 1. The number of nitrogens with one attached hydrogen (secondary N) is 1. The molecule has 2 saturated heterocycles. The standard InChI is InChI=1S/C19H33N3O3/c1-18(2)16(23)20-10-12-22(18)14-19(25)9-6-11-21(17(19)24)13-15-7-4-3-5-8-15/h15,25H,3-14H2,1-2H3,(H,20,23)/t19-/m1/s1. The topological polar surface area (TPSA) is 72.9 Å². The molecule has 0 aromatic rings. The van der Waals surface area contributed by atoms with Crippen molar-refractivity contribution in [3.05, 3.63) is 0 Å². The van der Waals surface area contributed by atoms with Gasteiger partial charge in [-0.3, -0.25) is 14.5 Å². The first-order valence-corrected chi connectivity index (χ1v) is 9.88. The van der Waals surface area contributed by atoms with Crippen LogP contribution in [0.3, 0.4) is 0 Å². The summed E-state index contributed by atoms with van der Waals surface area (Å²) in [5, 5.41) is 14.0. The third-order valence-corrected chi connectivity index (χ3v) is 6.37. The first-order chi connectivity index (χ1) is 11.8. The predicted octanol–water partition coefficient (Wildman–Crippen LogP) is 1.13. The van der Waals surface area contributed by atoms with Crippen LogP contribution in [-0.2, 0) is 9.59 Å². The average molecular weight is 351 g/mol. The minimum Gasteiger partial charge on any atom is -0.379 e. The average Bonchev–Trinajstić information content (AvgIpc) is 2.58. The number of likely N-dealkylation sites (tertiary alicyclic amines) is 1. The summed E-state index contributed by atoms with van der Waals surface area (Å²) in [5.41, 5.74) is -2.05. The Morgan fingerprint density at radius 3 is 2.56 bits per heavy atom. The number of amides is 2. The van der Waals surface area contributed by atoms with E-state index < -0.39 is 11.1 Å². The van der Waals surface area contributed by atoms with Crippen LogP contribution in [-0.4, -0.2) is 70.6 Å². The van der Waals surface area contributed by atoms with Gasteiger partial charge in [0, 0.05) is 32.7 Å². The van der Waals surface area contributed by atoms with E-state index in [1.807, 2.05) is 23.6 Å². The van der Waals surface area contributed by atoms with E-state index >= 15 is 0 Å². The summed E-state index contributed by atoms with van der Waals surface area (Å²) in [5.74, 6) is 0.410. The monoisotopic (exact) mass is 351 g/mol. The van der Waals surface area contributed by atoms with Gasteiger partial charge in [0.05, 0.1) is 5.54 Å². The van der Waals surface area contributed by atoms with Gasteiger partial charge in [0.15, 0.2) is 5.60 Å². The van der Waals surface area contributed by atoms with Crippen LogP contribution in [0, 0.1) is 5.92 Å². The van der Waals surface area contributed by atoms with Crippen LogP contribution in [0.25, 0.3) is 0 Å². The summed E-state index contributed by atoms with van der Waals surface area (Å²) in [6.45, 7) is 6.73. The van der Waals surface area contributed by atoms with Crippen LogP contribution in [0.4, 0.5) is 0 Å². The van der Waals surface area contributed by atoms with E-state index in [1.54, 1.807) is 0 Å². The molecule has 1 saturated carbocycles. The summed E-state index contributed by atoms with van der Waals surface area (Å²) in [7, 11) is 0.